The van der Waals surface area contributed by atoms with E-state index in [2.05, 4.69) is 50.2 Å². The number of nitrogens with zero attached hydrogens (tertiary/aromatic N) is 3. The van der Waals surface area contributed by atoms with Gasteiger partial charge in [-0.1, -0.05) is 111 Å². The van der Waals surface area contributed by atoms with Crippen LogP contribution < -0.4 is 0 Å². The second-order valence-corrected chi connectivity index (χ2v) is 11.7. The van der Waals surface area contributed by atoms with Crippen LogP contribution in [-0.2, 0) is 5.41 Å². The van der Waals surface area contributed by atoms with Crippen molar-refractivity contribution >= 4 is 32.7 Å². The van der Waals surface area contributed by atoms with Gasteiger partial charge in [-0.3, -0.25) is 0 Å². The van der Waals surface area contributed by atoms with Crippen LogP contribution in [0.2, 0.25) is 0 Å². The minimum absolute atomic E-state index is 0.00304. The van der Waals surface area contributed by atoms with Crippen LogP contribution in [0.1, 0.15) is 31.8 Å². The summed E-state index contributed by atoms with van der Waals surface area (Å²) in [6.07, 6.45) is 0. The predicted octanol–water partition coefficient (Wildman–Crippen LogP) is 10.2. The summed E-state index contributed by atoms with van der Waals surface area (Å²) in [5, 5.41) is 4.02. The minimum Gasteiger partial charge on any atom is -0.456 e. The third kappa shape index (κ3) is 3.67. The summed E-state index contributed by atoms with van der Waals surface area (Å²) in [6, 6.07) is 30.3. The Morgan fingerprint density at radius 2 is 1.23 bits per heavy atom. The van der Waals surface area contributed by atoms with Gasteiger partial charge in [-0.25, -0.2) is 15.0 Å². The molecule has 0 unspecified atom stereocenters. The Bertz CT molecular complexity index is 2690. The van der Waals surface area contributed by atoms with Crippen LogP contribution in [0.3, 0.4) is 0 Å². The molecule has 9 rings (SSSR count). The van der Waals surface area contributed by atoms with Crippen LogP contribution in [0.15, 0.2) is 132 Å². The normalized spacial score (nSPS) is 15.0. The molecule has 1 aliphatic rings. The molecular weight excluding hydrogens is 538 g/mol. The van der Waals surface area contributed by atoms with E-state index in [0.29, 0.717) is 22.8 Å². The maximum absolute atomic E-state index is 8.75. The predicted molar refractivity (Wildman–Crippen MR) is 178 cm³/mol. The van der Waals surface area contributed by atoms with Gasteiger partial charge in [0.15, 0.2) is 17.5 Å². The van der Waals surface area contributed by atoms with Gasteiger partial charge in [0.1, 0.15) is 11.2 Å². The van der Waals surface area contributed by atoms with E-state index in [-0.39, 0.29) is 28.9 Å². The van der Waals surface area contributed by atoms with Gasteiger partial charge in [0.25, 0.3) is 0 Å². The zero-order chi connectivity index (χ0) is 33.8. The lowest BCUT2D eigenvalue weighted by molar-refractivity contribution is 0.660. The number of fused-ring (bicyclic) bond motifs is 7. The van der Waals surface area contributed by atoms with Gasteiger partial charge in [-0.2, -0.15) is 0 Å². The summed E-state index contributed by atoms with van der Waals surface area (Å²) in [5.74, 6) is 0.662. The Morgan fingerprint density at radius 3 is 2.07 bits per heavy atom. The number of rotatable bonds is 3. The first-order valence-electron chi connectivity index (χ1n) is 17.0. The fourth-order valence-corrected chi connectivity index (χ4v) is 6.64. The summed E-state index contributed by atoms with van der Waals surface area (Å²) in [5.41, 5.74) is 7.02. The van der Waals surface area contributed by atoms with Gasteiger partial charge in [-0.05, 0) is 63.4 Å². The molecule has 0 N–H and O–H groups in total. The highest BCUT2D eigenvalue weighted by Gasteiger charge is 2.37. The lowest BCUT2D eigenvalue weighted by atomic mass is 9.82. The van der Waals surface area contributed by atoms with Gasteiger partial charge in [-0.15, -0.1) is 0 Å². The molecule has 4 nitrogen and oxygen atoms in total. The Balaban J connectivity index is 1.33. The van der Waals surface area contributed by atoms with E-state index in [0.717, 1.165) is 49.4 Å². The molecule has 0 atom stereocenters. The van der Waals surface area contributed by atoms with Crippen LogP contribution in [-0.4, -0.2) is 15.0 Å². The quantitative estimate of drug-likeness (QED) is 0.212. The number of hydrogen-bond donors (Lipinski definition) is 0. The molecule has 0 saturated heterocycles. The molecule has 6 aromatic carbocycles. The monoisotopic (exact) mass is 570 g/mol. The molecular formula is C40H27N3O. The van der Waals surface area contributed by atoms with Crippen molar-refractivity contribution in [3.8, 4) is 45.3 Å². The second-order valence-electron chi connectivity index (χ2n) is 11.7. The van der Waals surface area contributed by atoms with E-state index in [4.69, 9.17) is 26.2 Å². The topological polar surface area (TPSA) is 51.8 Å². The number of aromatic nitrogens is 3. The van der Waals surface area contributed by atoms with Crippen LogP contribution in [0, 0.1) is 0 Å². The van der Waals surface area contributed by atoms with Crippen molar-refractivity contribution in [3.63, 3.8) is 0 Å². The maximum atomic E-state index is 8.75. The summed E-state index contributed by atoms with van der Waals surface area (Å²) in [6.45, 7) is 4.40. The Hall–Kier alpha value is -5.61. The van der Waals surface area contributed by atoms with Crippen molar-refractivity contribution in [2.75, 3.05) is 0 Å². The van der Waals surface area contributed by atoms with Crippen molar-refractivity contribution in [2.24, 2.45) is 0 Å². The van der Waals surface area contributed by atoms with Crippen LogP contribution >= 0.6 is 0 Å². The Morgan fingerprint density at radius 1 is 0.568 bits per heavy atom. The fraction of sp³-hybridized carbons (Fsp3) is 0.0750. The molecule has 1 aliphatic carbocycles. The summed E-state index contributed by atoms with van der Waals surface area (Å²) < 4.78 is 48.6. The molecule has 0 fully saturated rings. The van der Waals surface area contributed by atoms with Crippen molar-refractivity contribution in [1.82, 2.24) is 15.0 Å². The number of benzene rings is 6. The molecule has 0 saturated carbocycles. The summed E-state index contributed by atoms with van der Waals surface area (Å²) >= 11 is 0. The average Bonchev–Trinajstić information content (AvgIpc) is 3.59. The smallest absolute Gasteiger partial charge is 0.164 e. The summed E-state index contributed by atoms with van der Waals surface area (Å²) in [7, 11) is 0. The fourth-order valence-electron chi connectivity index (χ4n) is 6.64. The van der Waals surface area contributed by atoms with E-state index in [1.54, 1.807) is 0 Å². The molecule has 2 aromatic heterocycles. The highest BCUT2D eigenvalue weighted by atomic mass is 16.3. The molecule has 2 heterocycles. The average molecular weight is 571 g/mol. The number of furan rings is 1. The van der Waals surface area contributed by atoms with Gasteiger partial charge in [0, 0.05) is 32.9 Å². The first-order chi connectivity index (χ1) is 23.6. The molecule has 0 spiro atoms. The molecule has 208 valence electrons. The van der Waals surface area contributed by atoms with E-state index < -0.39 is 18.1 Å². The number of hydrogen-bond acceptors (Lipinski definition) is 4. The highest BCUT2D eigenvalue weighted by molar-refractivity contribution is 6.10. The highest BCUT2D eigenvalue weighted by Crippen LogP contribution is 2.51. The lowest BCUT2D eigenvalue weighted by Crippen LogP contribution is -2.14. The first kappa shape index (κ1) is 20.3. The van der Waals surface area contributed by atoms with Crippen molar-refractivity contribution in [1.29, 1.82) is 0 Å². The zero-order valence-corrected chi connectivity index (χ0v) is 24.0. The summed E-state index contributed by atoms with van der Waals surface area (Å²) in [4.78, 5) is 14.7. The lowest BCUT2D eigenvalue weighted by Gasteiger charge is -2.21. The molecule has 44 heavy (non-hydrogen) atoms. The van der Waals surface area contributed by atoms with Crippen molar-refractivity contribution in [3.05, 3.63) is 138 Å². The van der Waals surface area contributed by atoms with Gasteiger partial charge in [0.2, 0.25) is 0 Å². The van der Waals surface area contributed by atoms with Crippen LogP contribution in [0.25, 0.3) is 78.0 Å². The van der Waals surface area contributed by atoms with E-state index in [9.17, 15) is 0 Å². The van der Waals surface area contributed by atoms with E-state index in [1.807, 2.05) is 60.7 Å². The van der Waals surface area contributed by atoms with E-state index >= 15 is 0 Å². The van der Waals surface area contributed by atoms with Gasteiger partial charge < -0.3 is 4.42 Å². The molecule has 0 bridgehead atoms. The largest absolute Gasteiger partial charge is 0.456 e. The second kappa shape index (κ2) is 9.19. The standard InChI is InChI=1S/C40H27N3O/c1-40(2)32-17-9-8-15-28(32)36-29(16-10-18-33(36)40)39-42-37(24-11-4-3-5-12-24)41-38(43-39)27-19-20-34-30(22-27)31-21-25-13-6-7-14-26(25)23-35(31)44-34/h3-23H,1-2H3/i3D,4D,5D,11D,12D. The molecule has 8 aromatic rings. The van der Waals surface area contributed by atoms with Crippen LogP contribution in [0.4, 0.5) is 0 Å². The zero-order valence-electron chi connectivity index (χ0n) is 29.0. The maximum Gasteiger partial charge on any atom is 0.164 e. The Kier molecular flexibility index (Phi) is 4.25. The molecule has 0 amide bonds. The van der Waals surface area contributed by atoms with Gasteiger partial charge >= 0.3 is 0 Å². The third-order valence-electron chi connectivity index (χ3n) is 8.80. The van der Waals surface area contributed by atoms with Crippen molar-refractivity contribution in [2.45, 2.75) is 19.3 Å². The van der Waals surface area contributed by atoms with E-state index in [1.165, 1.54) is 5.56 Å². The molecule has 0 aliphatic heterocycles. The Labute approximate surface area is 261 Å². The van der Waals surface area contributed by atoms with Crippen molar-refractivity contribution < 1.29 is 11.3 Å². The molecule has 4 heteroatoms. The SMILES string of the molecule is [2H]c1c([2H])c([2H])c(-c2nc(-c3ccc4oc5cc6ccccc6cc5c4c3)nc(-c3cccc4c3-c3ccccc3C4(C)C)n2)c([2H])c1[2H]. The third-order valence-corrected chi connectivity index (χ3v) is 8.80. The minimum atomic E-state index is -0.474. The van der Waals surface area contributed by atoms with Crippen LogP contribution in [0.5, 0.6) is 0 Å². The van der Waals surface area contributed by atoms with Gasteiger partial charge in [0.05, 0.1) is 6.85 Å². The first-order valence-corrected chi connectivity index (χ1v) is 14.5. The molecule has 0 radical (unpaired) electrons.